The number of hydrogen-bond acceptors (Lipinski definition) is 3. The fourth-order valence-electron chi connectivity index (χ4n) is 1.37. The van der Waals surface area contributed by atoms with Crippen molar-refractivity contribution in [3.8, 4) is 0 Å². The Kier molecular flexibility index (Phi) is 4.33. The van der Waals surface area contributed by atoms with Gasteiger partial charge in [0.2, 0.25) is 5.91 Å². The highest BCUT2D eigenvalue weighted by Gasteiger charge is 2.05. The molecule has 6 heteroatoms. The van der Waals surface area contributed by atoms with Crippen LogP contribution in [-0.4, -0.2) is 15.7 Å². The zero-order chi connectivity index (χ0) is 12.1. The fourth-order valence-corrected chi connectivity index (χ4v) is 2.80. The summed E-state index contributed by atoms with van der Waals surface area (Å²) in [4.78, 5) is 12.7. The molecule has 0 aliphatic heterocycles. The van der Waals surface area contributed by atoms with E-state index in [1.54, 1.807) is 22.2 Å². The molecule has 2 aromatic rings. The van der Waals surface area contributed by atoms with Gasteiger partial charge in [0.05, 0.1) is 6.54 Å². The topological polar surface area (TPSA) is 46.9 Å². The number of thiophene rings is 1. The van der Waals surface area contributed by atoms with E-state index in [1.807, 2.05) is 23.7 Å². The molecule has 2 rings (SSSR count). The van der Waals surface area contributed by atoms with Crippen LogP contribution in [-0.2, 0) is 17.9 Å². The van der Waals surface area contributed by atoms with E-state index in [2.05, 4.69) is 26.3 Å². The van der Waals surface area contributed by atoms with Gasteiger partial charge in [-0.05, 0) is 33.4 Å². The Morgan fingerprint density at radius 3 is 3.12 bits per heavy atom. The number of amides is 1. The number of hydrogen-bond donors (Lipinski definition) is 1. The molecule has 0 spiro atoms. The summed E-state index contributed by atoms with van der Waals surface area (Å²) in [6.07, 6.45) is 4.01. The molecule has 0 radical (unpaired) electrons. The van der Waals surface area contributed by atoms with Crippen molar-refractivity contribution in [2.45, 2.75) is 19.5 Å². The largest absolute Gasteiger partial charge is 0.351 e. The van der Waals surface area contributed by atoms with Gasteiger partial charge in [0.1, 0.15) is 0 Å². The second kappa shape index (κ2) is 5.97. The monoisotopic (exact) mass is 313 g/mol. The first-order valence-corrected chi connectivity index (χ1v) is 6.89. The van der Waals surface area contributed by atoms with Crippen LogP contribution in [0.1, 0.15) is 11.3 Å². The summed E-state index contributed by atoms with van der Waals surface area (Å²) in [6.45, 7) is 1.20. The van der Waals surface area contributed by atoms with E-state index in [0.29, 0.717) is 19.5 Å². The van der Waals surface area contributed by atoms with Crippen molar-refractivity contribution in [3.63, 3.8) is 0 Å². The number of nitrogens with one attached hydrogen (secondary N) is 1. The van der Waals surface area contributed by atoms with Crippen LogP contribution in [0.3, 0.4) is 0 Å². The normalized spacial score (nSPS) is 10.4. The van der Waals surface area contributed by atoms with Crippen LogP contribution >= 0.6 is 27.3 Å². The first kappa shape index (κ1) is 12.3. The molecule has 0 aliphatic rings. The number of carbonyl (C=O) groups is 1. The van der Waals surface area contributed by atoms with Gasteiger partial charge in [-0.25, -0.2) is 0 Å². The average Bonchev–Trinajstić information content (AvgIpc) is 2.95. The minimum Gasteiger partial charge on any atom is -0.351 e. The first-order valence-electron chi connectivity index (χ1n) is 5.21. The highest BCUT2D eigenvalue weighted by Crippen LogP contribution is 2.22. The van der Waals surface area contributed by atoms with Gasteiger partial charge in [0, 0.05) is 34.7 Å². The summed E-state index contributed by atoms with van der Waals surface area (Å²) >= 11 is 5.06. The number of aryl methyl sites for hydroxylation is 1. The summed E-state index contributed by atoms with van der Waals surface area (Å²) in [5.74, 6) is 0.0424. The molecule has 0 aliphatic carbocycles. The minimum absolute atomic E-state index is 0.0424. The quantitative estimate of drug-likeness (QED) is 0.921. The molecule has 17 heavy (non-hydrogen) atoms. The van der Waals surface area contributed by atoms with Crippen LogP contribution in [0.5, 0.6) is 0 Å². The van der Waals surface area contributed by atoms with Crippen LogP contribution in [0.2, 0.25) is 0 Å². The molecule has 4 nitrogen and oxygen atoms in total. The Bertz CT molecular complexity index is 481. The molecule has 0 fully saturated rings. The third-order valence-corrected chi connectivity index (χ3v) is 4.19. The Morgan fingerprint density at radius 1 is 1.59 bits per heavy atom. The Balaban J connectivity index is 1.73. The Hall–Kier alpha value is -1.14. The fraction of sp³-hybridized carbons (Fsp3) is 0.273. The maximum atomic E-state index is 11.6. The van der Waals surface area contributed by atoms with E-state index in [9.17, 15) is 4.79 Å². The standard InChI is InChI=1S/C11H12BrN3OS/c12-9-3-7-17-10(9)8-13-11(16)2-6-15-5-1-4-14-15/h1,3-5,7H,2,6,8H2,(H,13,16). The summed E-state index contributed by atoms with van der Waals surface area (Å²) in [7, 11) is 0. The van der Waals surface area contributed by atoms with Gasteiger partial charge in [-0.15, -0.1) is 11.3 Å². The van der Waals surface area contributed by atoms with Crippen molar-refractivity contribution in [3.05, 3.63) is 39.3 Å². The lowest BCUT2D eigenvalue weighted by molar-refractivity contribution is -0.121. The predicted octanol–water partition coefficient (Wildman–Crippen LogP) is 2.41. The third-order valence-electron chi connectivity index (χ3n) is 2.26. The molecule has 90 valence electrons. The van der Waals surface area contributed by atoms with E-state index in [0.717, 1.165) is 9.35 Å². The molecule has 0 saturated heterocycles. The summed E-state index contributed by atoms with van der Waals surface area (Å²) in [5.41, 5.74) is 0. The predicted molar refractivity (Wildman–Crippen MR) is 70.7 cm³/mol. The molecule has 0 unspecified atom stereocenters. The van der Waals surface area contributed by atoms with Crippen molar-refractivity contribution < 1.29 is 4.79 Å². The zero-order valence-electron chi connectivity index (χ0n) is 9.10. The van der Waals surface area contributed by atoms with Crippen molar-refractivity contribution in [1.82, 2.24) is 15.1 Å². The van der Waals surface area contributed by atoms with Gasteiger partial charge < -0.3 is 5.32 Å². The van der Waals surface area contributed by atoms with Crippen molar-refractivity contribution in [2.24, 2.45) is 0 Å². The number of nitrogens with zero attached hydrogens (tertiary/aromatic N) is 2. The average molecular weight is 314 g/mol. The van der Waals surface area contributed by atoms with E-state index < -0.39 is 0 Å². The Morgan fingerprint density at radius 2 is 2.47 bits per heavy atom. The molecule has 0 bridgehead atoms. The van der Waals surface area contributed by atoms with Crippen LogP contribution in [0, 0.1) is 0 Å². The van der Waals surface area contributed by atoms with E-state index in [4.69, 9.17) is 0 Å². The lowest BCUT2D eigenvalue weighted by Crippen LogP contribution is -2.23. The van der Waals surface area contributed by atoms with Crippen LogP contribution < -0.4 is 5.32 Å². The summed E-state index contributed by atoms with van der Waals surface area (Å²) < 4.78 is 2.80. The highest BCUT2D eigenvalue weighted by molar-refractivity contribution is 9.10. The van der Waals surface area contributed by atoms with Crippen LogP contribution in [0.25, 0.3) is 0 Å². The zero-order valence-corrected chi connectivity index (χ0v) is 11.5. The molecule has 0 atom stereocenters. The molecule has 2 heterocycles. The third kappa shape index (κ3) is 3.67. The molecular formula is C11H12BrN3OS. The molecule has 1 N–H and O–H groups in total. The van der Waals surface area contributed by atoms with Crippen LogP contribution in [0.15, 0.2) is 34.4 Å². The maximum absolute atomic E-state index is 11.6. The van der Waals surface area contributed by atoms with Gasteiger partial charge >= 0.3 is 0 Å². The summed E-state index contributed by atoms with van der Waals surface area (Å²) in [5, 5.41) is 8.93. The van der Waals surface area contributed by atoms with Gasteiger partial charge in [0.25, 0.3) is 0 Å². The smallest absolute Gasteiger partial charge is 0.222 e. The van der Waals surface area contributed by atoms with Gasteiger partial charge in [0.15, 0.2) is 0 Å². The van der Waals surface area contributed by atoms with E-state index >= 15 is 0 Å². The number of carbonyl (C=O) groups excluding carboxylic acids is 1. The Labute approximate surface area is 112 Å². The number of aromatic nitrogens is 2. The lowest BCUT2D eigenvalue weighted by atomic mass is 10.4. The van der Waals surface area contributed by atoms with Crippen molar-refractivity contribution >= 4 is 33.2 Å². The van der Waals surface area contributed by atoms with Crippen LogP contribution in [0.4, 0.5) is 0 Å². The SMILES string of the molecule is O=C(CCn1cccn1)NCc1sccc1Br. The maximum Gasteiger partial charge on any atom is 0.222 e. The van der Waals surface area contributed by atoms with E-state index in [1.165, 1.54) is 0 Å². The van der Waals surface area contributed by atoms with Gasteiger partial charge in [-0.2, -0.15) is 5.10 Å². The van der Waals surface area contributed by atoms with Gasteiger partial charge in [-0.3, -0.25) is 9.48 Å². The van der Waals surface area contributed by atoms with Gasteiger partial charge in [-0.1, -0.05) is 0 Å². The molecular weight excluding hydrogens is 302 g/mol. The number of rotatable bonds is 5. The van der Waals surface area contributed by atoms with E-state index in [-0.39, 0.29) is 5.91 Å². The van der Waals surface area contributed by atoms with Crippen molar-refractivity contribution in [2.75, 3.05) is 0 Å². The second-order valence-corrected chi connectivity index (χ2v) is 5.34. The molecule has 0 aromatic carbocycles. The minimum atomic E-state index is 0.0424. The second-order valence-electron chi connectivity index (χ2n) is 3.49. The molecule has 0 saturated carbocycles. The molecule has 2 aromatic heterocycles. The molecule has 1 amide bonds. The number of halogens is 1. The van der Waals surface area contributed by atoms with Crippen molar-refractivity contribution in [1.29, 1.82) is 0 Å². The highest BCUT2D eigenvalue weighted by atomic mass is 79.9. The lowest BCUT2D eigenvalue weighted by Gasteiger charge is -2.04. The summed E-state index contributed by atoms with van der Waals surface area (Å²) in [6, 6.07) is 3.83. The first-order chi connectivity index (χ1) is 8.25.